The lowest BCUT2D eigenvalue weighted by Gasteiger charge is -2.32. The van der Waals surface area contributed by atoms with Gasteiger partial charge in [-0.15, -0.1) is 12.4 Å². The van der Waals surface area contributed by atoms with Gasteiger partial charge in [0.25, 0.3) is 0 Å². The standard InChI is InChI=1S/C13H18BrFN2.ClH/c1-16-12-3-2-6-17(9-12)8-10-7-11(15)4-5-13(10)14;/h4-5,7,12,16H,2-3,6,8-9H2,1H3;1H. The molecule has 2 nitrogen and oxygen atoms in total. The quantitative estimate of drug-likeness (QED) is 0.911. The van der Waals surface area contributed by atoms with Gasteiger partial charge in [-0.3, -0.25) is 4.90 Å². The predicted molar refractivity (Wildman–Crippen MR) is 78.7 cm³/mol. The summed E-state index contributed by atoms with van der Waals surface area (Å²) < 4.78 is 14.2. The Morgan fingerprint density at radius 2 is 2.28 bits per heavy atom. The van der Waals surface area contributed by atoms with Crippen LogP contribution in [0.15, 0.2) is 22.7 Å². The Hall–Kier alpha value is -0.160. The van der Waals surface area contributed by atoms with Crippen molar-refractivity contribution in [3.05, 3.63) is 34.1 Å². The Bertz CT molecular complexity index is 389. The number of hydrogen-bond donors (Lipinski definition) is 1. The van der Waals surface area contributed by atoms with Crippen molar-refractivity contribution in [3.8, 4) is 0 Å². The van der Waals surface area contributed by atoms with E-state index >= 15 is 0 Å². The fourth-order valence-corrected chi connectivity index (χ4v) is 2.71. The maximum atomic E-state index is 13.2. The van der Waals surface area contributed by atoms with Crippen LogP contribution >= 0.6 is 28.3 Å². The summed E-state index contributed by atoms with van der Waals surface area (Å²) in [4.78, 5) is 2.38. The largest absolute Gasteiger partial charge is 0.316 e. The molecule has 102 valence electrons. The van der Waals surface area contributed by atoms with E-state index in [2.05, 4.69) is 26.1 Å². The number of nitrogens with zero attached hydrogens (tertiary/aromatic N) is 1. The molecule has 1 atom stereocenters. The lowest BCUT2D eigenvalue weighted by Crippen LogP contribution is -2.43. The zero-order valence-electron chi connectivity index (χ0n) is 10.5. The van der Waals surface area contributed by atoms with Crippen molar-refractivity contribution < 1.29 is 4.39 Å². The van der Waals surface area contributed by atoms with Crippen LogP contribution in [0.5, 0.6) is 0 Å². The van der Waals surface area contributed by atoms with E-state index in [1.807, 2.05) is 7.05 Å². The first kappa shape index (κ1) is 15.9. The summed E-state index contributed by atoms with van der Waals surface area (Å²) in [5.41, 5.74) is 1.03. The monoisotopic (exact) mass is 336 g/mol. The number of hydrogen-bond acceptors (Lipinski definition) is 2. The molecular formula is C13H19BrClFN2. The van der Waals surface area contributed by atoms with Gasteiger partial charge in [-0.25, -0.2) is 4.39 Å². The van der Waals surface area contributed by atoms with Crippen LogP contribution in [0.2, 0.25) is 0 Å². The summed E-state index contributed by atoms with van der Waals surface area (Å²) in [7, 11) is 2.01. The molecule has 0 saturated carbocycles. The summed E-state index contributed by atoms with van der Waals surface area (Å²) in [5.74, 6) is -0.162. The average Bonchev–Trinajstić information content (AvgIpc) is 2.34. The second-order valence-electron chi connectivity index (χ2n) is 4.60. The van der Waals surface area contributed by atoms with Gasteiger partial charge in [0.05, 0.1) is 0 Å². The number of likely N-dealkylation sites (N-methyl/N-ethyl adjacent to an activating group) is 1. The van der Waals surface area contributed by atoms with Gasteiger partial charge in [-0.2, -0.15) is 0 Å². The van der Waals surface area contributed by atoms with Crippen LogP contribution in [0.1, 0.15) is 18.4 Å². The smallest absolute Gasteiger partial charge is 0.123 e. The number of likely N-dealkylation sites (tertiary alicyclic amines) is 1. The zero-order chi connectivity index (χ0) is 12.3. The Morgan fingerprint density at radius 1 is 1.50 bits per heavy atom. The SMILES string of the molecule is CNC1CCCN(Cc2cc(F)ccc2Br)C1.Cl. The Balaban J connectivity index is 0.00000162. The minimum Gasteiger partial charge on any atom is -0.316 e. The van der Waals surface area contributed by atoms with Gasteiger partial charge in [0.15, 0.2) is 0 Å². The van der Waals surface area contributed by atoms with E-state index in [4.69, 9.17) is 0 Å². The highest BCUT2D eigenvalue weighted by Gasteiger charge is 2.19. The van der Waals surface area contributed by atoms with E-state index in [0.717, 1.165) is 29.7 Å². The Morgan fingerprint density at radius 3 is 3.00 bits per heavy atom. The van der Waals surface area contributed by atoms with Crippen LogP contribution in [0, 0.1) is 5.82 Å². The fraction of sp³-hybridized carbons (Fsp3) is 0.538. The molecule has 0 spiro atoms. The summed E-state index contributed by atoms with van der Waals surface area (Å²) in [5, 5.41) is 3.32. The van der Waals surface area contributed by atoms with E-state index in [-0.39, 0.29) is 18.2 Å². The second kappa shape index (κ2) is 7.43. The maximum absolute atomic E-state index is 13.2. The first-order chi connectivity index (χ1) is 8.19. The summed E-state index contributed by atoms with van der Waals surface area (Å²) >= 11 is 3.48. The molecule has 1 aliphatic rings. The first-order valence-electron chi connectivity index (χ1n) is 6.02. The van der Waals surface area contributed by atoms with Gasteiger partial charge in [-0.1, -0.05) is 15.9 Å². The van der Waals surface area contributed by atoms with Crippen LogP contribution in [0.25, 0.3) is 0 Å². The molecule has 1 heterocycles. The molecule has 2 rings (SSSR count). The van der Waals surface area contributed by atoms with Gasteiger partial charge >= 0.3 is 0 Å². The Labute approximate surface area is 122 Å². The van der Waals surface area contributed by atoms with Gasteiger partial charge in [0.1, 0.15) is 5.82 Å². The third-order valence-electron chi connectivity index (χ3n) is 3.32. The fourth-order valence-electron chi connectivity index (χ4n) is 2.34. The molecule has 0 aliphatic carbocycles. The Kier molecular flexibility index (Phi) is 6.57. The van der Waals surface area contributed by atoms with Crippen LogP contribution in [-0.2, 0) is 6.54 Å². The lowest BCUT2D eigenvalue weighted by molar-refractivity contribution is 0.187. The first-order valence-corrected chi connectivity index (χ1v) is 6.82. The maximum Gasteiger partial charge on any atom is 0.123 e. The molecule has 0 amide bonds. The normalized spacial score (nSPS) is 20.5. The number of rotatable bonds is 3. The summed E-state index contributed by atoms with van der Waals surface area (Å²) in [6.45, 7) is 2.96. The van der Waals surface area contributed by atoms with Crippen molar-refractivity contribution >= 4 is 28.3 Å². The van der Waals surface area contributed by atoms with Crippen LogP contribution in [0.4, 0.5) is 4.39 Å². The summed E-state index contributed by atoms with van der Waals surface area (Å²) in [6.07, 6.45) is 2.44. The van der Waals surface area contributed by atoms with Gasteiger partial charge < -0.3 is 5.32 Å². The van der Waals surface area contributed by atoms with E-state index in [0.29, 0.717) is 6.04 Å². The van der Waals surface area contributed by atoms with Gasteiger partial charge in [0.2, 0.25) is 0 Å². The minimum absolute atomic E-state index is 0. The number of piperidine rings is 1. The lowest BCUT2D eigenvalue weighted by atomic mass is 10.1. The van der Waals surface area contributed by atoms with Crippen LogP contribution in [-0.4, -0.2) is 31.1 Å². The zero-order valence-corrected chi connectivity index (χ0v) is 12.9. The predicted octanol–water partition coefficient (Wildman–Crippen LogP) is 3.19. The molecule has 0 aromatic heterocycles. The van der Waals surface area contributed by atoms with Crippen molar-refractivity contribution in [2.75, 3.05) is 20.1 Å². The third-order valence-corrected chi connectivity index (χ3v) is 4.09. The molecule has 18 heavy (non-hydrogen) atoms. The highest BCUT2D eigenvalue weighted by atomic mass is 79.9. The molecule has 5 heteroatoms. The molecule has 1 N–H and O–H groups in total. The molecular weight excluding hydrogens is 319 g/mol. The number of halogens is 3. The summed E-state index contributed by atoms with van der Waals surface area (Å²) in [6, 6.07) is 5.45. The van der Waals surface area contributed by atoms with E-state index in [9.17, 15) is 4.39 Å². The second-order valence-corrected chi connectivity index (χ2v) is 5.45. The molecule has 0 bridgehead atoms. The number of nitrogens with one attached hydrogen (secondary N) is 1. The minimum atomic E-state index is -0.162. The van der Waals surface area contributed by atoms with E-state index < -0.39 is 0 Å². The third kappa shape index (κ3) is 4.19. The topological polar surface area (TPSA) is 15.3 Å². The molecule has 0 radical (unpaired) electrons. The molecule has 1 saturated heterocycles. The molecule has 1 fully saturated rings. The molecule has 1 aliphatic heterocycles. The van der Waals surface area contributed by atoms with Crippen LogP contribution < -0.4 is 5.32 Å². The highest BCUT2D eigenvalue weighted by Crippen LogP contribution is 2.21. The van der Waals surface area contributed by atoms with Gasteiger partial charge in [0, 0.05) is 23.6 Å². The highest BCUT2D eigenvalue weighted by molar-refractivity contribution is 9.10. The van der Waals surface area contributed by atoms with Gasteiger partial charge in [-0.05, 0) is 50.2 Å². The van der Waals surface area contributed by atoms with E-state index in [1.54, 1.807) is 12.1 Å². The number of benzene rings is 1. The molecule has 1 unspecified atom stereocenters. The van der Waals surface area contributed by atoms with Crippen molar-refractivity contribution in [1.29, 1.82) is 0 Å². The van der Waals surface area contributed by atoms with Crippen molar-refractivity contribution in [1.82, 2.24) is 10.2 Å². The average molecular weight is 338 g/mol. The van der Waals surface area contributed by atoms with Crippen LogP contribution in [0.3, 0.4) is 0 Å². The van der Waals surface area contributed by atoms with Crippen molar-refractivity contribution in [2.24, 2.45) is 0 Å². The molecule has 1 aromatic carbocycles. The van der Waals surface area contributed by atoms with E-state index in [1.165, 1.54) is 18.9 Å². The van der Waals surface area contributed by atoms with Crippen molar-refractivity contribution in [2.45, 2.75) is 25.4 Å². The van der Waals surface area contributed by atoms with Crippen molar-refractivity contribution in [3.63, 3.8) is 0 Å². The molecule has 1 aromatic rings.